The van der Waals surface area contributed by atoms with Crippen LogP contribution in [0.3, 0.4) is 0 Å². The summed E-state index contributed by atoms with van der Waals surface area (Å²) in [6.45, 7) is 1.46. The van der Waals surface area contributed by atoms with Crippen LogP contribution in [-0.4, -0.2) is 31.2 Å². The maximum atomic E-state index is 12.1. The van der Waals surface area contributed by atoms with E-state index in [9.17, 15) is 4.79 Å². The third-order valence-electron chi connectivity index (χ3n) is 3.94. The Morgan fingerprint density at radius 3 is 3.00 bits per heavy atom. The number of carbonyl (C=O) groups excluding carboxylic acids is 1. The molecule has 1 aromatic heterocycles. The van der Waals surface area contributed by atoms with Crippen LogP contribution in [0.4, 0.5) is 0 Å². The fourth-order valence-electron chi connectivity index (χ4n) is 2.73. The number of rotatable bonds is 3. The first-order chi connectivity index (χ1) is 8.75. The van der Waals surface area contributed by atoms with Gasteiger partial charge in [0, 0.05) is 35.6 Å². The fourth-order valence-corrected chi connectivity index (χ4v) is 3.37. The minimum Gasteiger partial charge on any atom is -0.381 e. The van der Waals surface area contributed by atoms with Crippen LogP contribution in [0.15, 0.2) is 16.8 Å². The molecule has 1 aromatic rings. The smallest absolute Gasteiger partial charge is 0.252 e. The summed E-state index contributed by atoms with van der Waals surface area (Å²) in [5, 5.41) is 6.95. The zero-order chi connectivity index (χ0) is 12.5. The van der Waals surface area contributed by atoms with Crippen molar-refractivity contribution in [2.75, 3.05) is 13.2 Å². The Balaban J connectivity index is 1.64. The van der Waals surface area contributed by atoms with E-state index in [4.69, 9.17) is 10.5 Å². The van der Waals surface area contributed by atoms with E-state index in [0.29, 0.717) is 17.9 Å². The van der Waals surface area contributed by atoms with Gasteiger partial charge in [-0.25, -0.2) is 0 Å². The van der Waals surface area contributed by atoms with Gasteiger partial charge in [-0.15, -0.1) is 0 Å². The van der Waals surface area contributed by atoms with Crippen LogP contribution in [0.5, 0.6) is 0 Å². The number of hydrogen-bond acceptors (Lipinski definition) is 4. The van der Waals surface area contributed by atoms with Gasteiger partial charge in [-0.3, -0.25) is 4.79 Å². The van der Waals surface area contributed by atoms with E-state index in [1.54, 1.807) is 11.3 Å². The molecule has 2 aliphatic rings. The van der Waals surface area contributed by atoms with Gasteiger partial charge in [-0.2, -0.15) is 11.3 Å². The van der Waals surface area contributed by atoms with Gasteiger partial charge in [0.2, 0.25) is 0 Å². The quantitative estimate of drug-likeness (QED) is 0.865. The van der Waals surface area contributed by atoms with Gasteiger partial charge in [-0.1, -0.05) is 0 Å². The average Bonchev–Trinajstić information content (AvgIpc) is 2.90. The molecular weight excluding hydrogens is 248 g/mol. The van der Waals surface area contributed by atoms with E-state index >= 15 is 0 Å². The van der Waals surface area contributed by atoms with Crippen molar-refractivity contribution in [2.24, 2.45) is 17.6 Å². The first-order valence-corrected chi connectivity index (χ1v) is 7.36. The lowest BCUT2D eigenvalue weighted by Crippen LogP contribution is -2.47. The third-order valence-corrected chi connectivity index (χ3v) is 4.62. The van der Waals surface area contributed by atoms with Crippen molar-refractivity contribution in [1.29, 1.82) is 0 Å². The zero-order valence-corrected chi connectivity index (χ0v) is 11.0. The van der Waals surface area contributed by atoms with Gasteiger partial charge in [0.05, 0.1) is 6.61 Å². The monoisotopic (exact) mass is 266 g/mol. The predicted octanol–water partition coefficient (Wildman–Crippen LogP) is 1.23. The number of nitrogens with one attached hydrogen (secondary N) is 1. The molecule has 5 heteroatoms. The minimum absolute atomic E-state index is 0.0300. The highest BCUT2D eigenvalue weighted by molar-refractivity contribution is 7.08. The lowest BCUT2D eigenvalue weighted by Gasteiger charge is -2.32. The second-order valence-corrected chi connectivity index (χ2v) is 5.96. The van der Waals surface area contributed by atoms with Gasteiger partial charge in [-0.05, 0) is 30.2 Å². The van der Waals surface area contributed by atoms with E-state index in [2.05, 4.69) is 5.32 Å². The largest absolute Gasteiger partial charge is 0.381 e. The number of amides is 1. The first kappa shape index (κ1) is 12.1. The highest BCUT2D eigenvalue weighted by Crippen LogP contribution is 2.39. The summed E-state index contributed by atoms with van der Waals surface area (Å²) in [7, 11) is 0. The molecule has 0 spiro atoms. The van der Waals surface area contributed by atoms with Crippen molar-refractivity contribution in [1.82, 2.24) is 5.32 Å². The topological polar surface area (TPSA) is 64.3 Å². The molecule has 2 heterocycles. The van der Waals surface area contributed by atoms with Gasteiger partial charge in [0.15, 0.2) is 0 Å². The molecule has 3 N–H and O–H groups in total. The molecule has 98 valence electrons. The molecule has 1 amide bonds. The van der Waals surface area contributed by atoms with E-state index < -0.39 is 0 Å². The van der Waals surface area contributed by atoms with Crippen LogP contribution in [0.25, 0.3) is 0 Å². The molecule has 0 radical (unpaired) electrons. The number of ether oxygens (including phenoxy) is 1. The highest BCUT2D eigenvalue weighted by atomic mass is 32.1. The van der Waals surface area contributed by atoms with Crippen LogP contribution in [0, 0.1) is 11.8 Å². The molecule has 0 bridgehead atoms. The summed E-state index contributed by atoms with van der Waals surface area (Å²) in [4.78, 5) is 12.1. The molecule has 18 heavy (non-hydrogen) atoms. The minimum atomic E-state index is 0.0300. The Morgan fingerprint density at radius 2 is 2.33 bits per heavy atom. The Hall–Kier alpha value is -0.910. The van der Waals surface area contributed by atoms with Crippen molar-refractivity contribution in [3.63, 3.8) is 0 Å². The summed E-state index contributed by atoms with van der Waals surface area (Å²) in [5.41, 5.74) is 6.67. The van der Waals surface area contributed by atoms with Crippen LogP contribution in [-0.2, 0) is 4.74 Å². The molecule has 1 aliphatic carbocycles. The van der Waals surface area contributed by atoms with Crippen molar-refractivity contribution in [3.05, 3.63) is 22.4 Å². The van der Waals surface area contributed by atoms with E-state index in [0.717, 1.165) is 31.6 Å². The Kier molecular flexibility index (Phi) is 3.37. The van der Waals surface area contributed by atoms with Crippen molar-refractivity contribution in [3.8, 4) is 0 Å². The number of carbonyl (C=O) groups is 1. The van der Waals surface area contributed by atoms with E-state index in [-0.39, 0.29) is 11.9 Å². The average molecular weight is 266 g/mol. The van der Waals surface area contributed by atoms with Crippen LogP contribution in [0.2, 0.25) is 0 Å². The van der Waals surface area contributed by atoms with Crippen molar-refractivity contribution >= 4 is 17.2 Å². The predicted molar refractivity (Wildman–Crippen MR) is 70.6 cm³/mol. The third kappa shape index (κ3) is 2.43. The van der Waals surface area contributed by atoms with Crippen molar-refractivity contribution < 1.29 is 9.53 Å². The summed E-state index contributed by atoms with van der Waals surface area (Å²) in [6, 6.07) is 2.37. The number of thiophene rings is 1. The second kappa shape index (κ2) is 4.99. The molecule has 4 unspecified atom stereocenters. The van der Waals surface area contributed by atoms with Gasteiger partial charge in [0.1, 0.15) is 0 Å². The molecule has 1 aliphatic heterocycles. The second-order valence-electron chi connectivity index (χ2n) is 5.18. The Bertz CT molecular complexity index is 421. The summed E-state index contributed by atoms with van der Waals surface area (Å²) in [6.07, 6.45) is 1.96. The fraction of sp³-hybridized carbons (Fsp3) is 0.615. The molecule has 1 saturated heterocycles. The number of nitrogens with two attached hydrogens (primary N) is 1. The highest BCUT2D eigenvalue weighted by Gasteiger charge is 2.45. The first-order valence-electron chi connectivity index (χ1n) is 6.42. The van der Waals surface area contributed by atoms with Gasteiger partial charge < -0.3 is 15.8 Å². The van der Waals surface area contributed by atoms with Crippen molar-refractivity contribution in [2.45, 2.75) is 24.9 Å². The van der Waals surface area contributed by atoms with Gasteiger partial charge >= 0.3 is 0 Å². The zero-order valence-electron chi connectivity index (χ0n) is 10.2. The summed E-state index contributed by atoms with van der Waals surface area (Å²) >= 11 is 1.54. The molecular formula is C13H18N2O2S. The maximum Gasteiger partial charge on any atom is 0.252 e. The maximum absolute atomic E-state index is 12.1. The molecule has 0 aromatic carbocycles. The molecule has 2 fully saturated rings. The summed E-state index contributed by atoms with van der Waals surface area (Å²) < 4.78 is 5.53. The standard InChI is InChI=1S/C13H18N2O2S/c14-11-5-9(11)10-6-17-3-1-12(10)15-13(16)8-2-4-18-7-8/h2,4,7,9-12H,1,3,5-6,14H2,(H,15,16). The molecule has 4 nitrogen and oxygen atoms in total. The SMILES string of the molecule is NC1CC1C1COCCC1NC(=O)c1ccsc1. The van der Waals surface area contributed by atoms with Crippen LogP contribution >= 0.6 is 11.3 Å². The molecule has 4 atom stereocenters. The lowest BCUT2D eigenvalue weighted by atomic mass is 9.90. The van der Waals surface area contributed by atoms with Crippen LogP contribution in [0.1, 0.15) is 23.2 Å². The summed E-state index contributed by atoms with van der Waals surface area (Å²) in [5.74, 6) is 0.941. The number of hydrogen-bond donors (Lipinski definition) is 2. The molecule has 3 rings (SSSR count). The van der Waals surface area contributed by atoms with E-state index in [1.807, 2.05) is 16.8 Å². The van der Waals surface area contributed by atoms with Gasteiger partial charge in [0.25, 0.3) is 5.91 Å². The normalized spacial score (nSPS) is 35.2. The Labute approximate surface area is 111 Å². The van der Waals surface area contributed by atoms with E-state index in [1.165, 1.54) is 0 Å². The van der Waals surface area contributed by atoms with Crippen LogP contribution < -0.4 is 11.1 Å². The lowest BCUT2D eigenvalue weighted by molar-refractivity contribution is 0.0223. The molecule has 1 saturated carbocycles. The Morgan fingerprint density at radius 1 is 1.50 bits per heavy atom.